The van der Waals surface area contributed by atoms with Crippen molar-refractivity contribution in [1.29, 1.82) is 0 Å². The Hall–Kier alpha value is -1.03. The average molecular weight is 312 g/mol. The van der Waals surface area contributed by atoms with Gasteiger partial charge in [-0.05, 0) is 25.2 Å². The highest BCUT2D eigenvalue weighted by molar-refractivity contribution is 6.32. The highest BCUT2D eigenvalue weighted by atomic mass is 35.5. The third-order valence-corrected chi connectivity index (χ3v) is 4.78. The van der Waals surface area contributed by atoms with Crippen LogP contribution in [0.5, 0.6) is 0 Å². The Balaban J connectivity index is 2.13. The van der Waals surface area contributed by atoms with Crippen LogP contribution < -0.4 is 10.9 Å². The third-order valence-electron chi connectivity index (χ3n) is 4.41. The molecule has 21 heavy (non-hydrogen) atoms. The smallest absolute Gasteiger partial charge is 0.287 e. The largest absolute Gasteiger partial charge is 0.379 e. The maximum atomic E-state index is 12.2. The molecule has 0 spiro atoms. The Morgan fingerprint density at radius 3 is 2.90 bits per heavy atom. The van der Waals surface area contributed by atoms with E-state index < -0.39 is 0 Å². The summed E-state index contributed by atoms with van der Waals surface area (Å²) in [6.45, 7) is 5.00. The van der Waals surface area contributed by atoms with Crippen LogP contribution in [0.15, 0.2) is 11.0 Å². The summed E-state index contributed by atoms with van der Waals surface area (Å²) < 4.78 is 1.47. The molecule has 1 aliphatic rings. The molecule has 2 unspecified atom stereocenters. The van der Waals surface area contributed by atoms with Gasteiger partial charge < -0.3 is 5.32 Å². The average Bonchev–Trinajstić information content (AvgIpc) is 2.68. The number of hydrogen-bond acceptors (Lipinski definition) is 3. The molecular formula is C16H26ClN3O. The number of hydrogen-bond donors (Lipinski definition) is 1. The van der Waals surface area contributed by atoms with E-state index in [2.05, 4.69) is 24.3 Å². The normalized spacial score (nSPS) is 22.8. The quantitative estimate of drug-likeness (QED) is 0.834. The van der Waals surface area contributed by atoms with Crippen LogP contribution in [0.25, 0.3) is 0 Å². The topological polar surface area (TPSA) is 46.9 Å². The fourth-order valence-electron chi connectivity index (χ4n) is 2.94. The lowest BCUT2D eigenvalue weighted by molar-refractivity contribution is 0.456. The van der Waals surface area contributed by atoms with Gasteiger partial charge in [0.1, 0.15) is 5.02 Å². The van der Waals surface area contributed by atoms with E-state index >= 15 is 0 Å². The van der Waals surface area contributed by atoms with Crippen LogP contribution in [0.3, 0.4) is 0 Å². The van der Waals surface area contributed by atoms with Crippen LogP contribution in [0.1, 0.15) is 58.8 Å². The molecule has 1 heterocycles. The van der Waals surface area contributed by atoms with Crippen LogP contribution in [0.4, 0.5) is 5.69 Å². The monoisotopic (exact) mass is 311 g/mol. The molecule has 1 saturated carbocycles. The summed E-state index contributed by atoms with van der Waals surface area (Å²) in [6, 6.07) is 0.387. The molecule has 1 aromatic rings. The van der Waals surface area contributed by atoms with Gasteiger partial charge in [0.15, 0.2) is 0 Å². The van der Waals surface area contributed by atoms with Gasteiger partial charge in [-0.15, -0.1) is 0 Å². The summed E-state index contributed by atoms with van der Waals surface area (Å²) in [5, 5.41) is 7.98. The summed E-state index contributed by atoms with van der Waals surface area (Å²) in [5.41, 5.74) is 0.504. The Morgan fingerprint density at radius 1 is 1.38 bits per heavy atom. The molecule has 0 aromatic carbocycles. The predicted octanol–water partition coefficient (Wildman–Crippen LogP) is 4.08. The van der Waals surface area contributed by atoms with Gasteiger partial charge in [0.05, 0.1) is 11.9 Å². The zero-order chi connectivity index (χ0) is 15.2. The first kappa shape index (κ1) is 16.3. The van der Waals surface area contributed by atoms with E-state index in [0.29, 0.717) is 24.2 Å². The number of nitrogens with zero attached hydrogens (tertiary/aromatic N) is 2. The molecule has 1 fully saturated rings. The number of unbranched alkanes of at least 4 members (excludes halogenated alkanes) is 1. The summed E-state index contributed by atoms with van der Waals surface area (Å²) in [7, 11) is 0. The lowest BCUT2D eigenvalue weighted by Gasteiger charge is -2.24. The number of aromatic nitrogens is 2. The molecule has 1 aromatic heterocycles. The van der Waals surface area contributed by atoms with E-state index in [0.717, 1.165) is 19.3 Å². The second kappa shape index (κ2) is 7.83. The fraction of sp³-hybridized carbons (Fsp3) is 0.750. The van der Waals surface area contributed by atoms with Crippen LogP contribution in [-0.2, 0) is 6.54 Å². The van der Waals surface area contributed by atoms with Crippen molar-refractivity contribution in [2.45, 2.75) is 71.4 Å². The van der Waals surface area contributed by atoms with Gasteiger partial charge in [0, 0.05) is 12.6 Å². The third kappa shape index (κ3) is 4.22. The molecule has 1 aliphatic carbocycles. The van der Waals surface area contributed by atoms with Gasteiger partial charge in [-0.3, -0.25) is 4.79 Å². The molecule has 0 amide bonds. The standard InChI is InChI=1S/C16H26ClN3O/c1-3-4-10-20-16(21)15(17)14(11-18-20)19-13-9-7-5-6-8-12(13)2/h11-13,19H,3-10H2,1-2H3. The first-order valence-corrected chi connectivity index (χ1v) is 8.53. The van der Waals surface area contributed by atoms with Crippen molar-refractivity contribution in [3.8, 4) is 0 Å². The zero-order valence-corrected chi connectivity index (χ0v) is 13.8. The number of halogens is 1. The van der Waals surface area contributed by atoms with Crippen LogP contribution >= 0.6 is 11.6 Å². The Bertz CT molecular complexity index is 515. The van der Waals surface area contributed by atoms with Crippen molar-refractivity contribution >= 4 is 17.3 Å². The highest BCUT2D eigenvalue weighted by Crippen LogP contribution is 2.27. The molecule has 4 nitrogen and oxygen atoms in total. The second-order valence-corrected chi connectivity index (χ2v) is 6.50. The lowest BCUT2D eigenvalue weighted by atomic mass is 9.97. The minimum Gasteiger partial charge on any atom is -0.379 e. The maximum Gasteiger partial charge on any atom is 0.287 e. The molecule has 1 N–H and O–H groups in total. The van der Waals surface area contributed by atoms with Gasteiger partial charge in [-0.1, -0.05) is 51.1 Å². The van der Waals surface area contributed by atoms with E-state index in [1.54, 1.807) is 6.20 Å². The van der Waals surface area contributed by atoms with Crippen LogP contribution in [-0.4, -0.2) is 15.8 Å². The van der Waals surface area contributed by atoms with E-state index in [1.807, 2.05) is 0 Å². The Kier molecular flexibility index (Phi) is 6.09. The molecular weight excluding hydrogens is 286 g/mol. The molecule has 5 heteroatoms. The van der Waals surface area contributed by atoms with Crippen molar-refractivity contribution in [1.82, 2.24) is 9.78 Å². The first-order valence-electron chi connectivity index (χ1n) is 8.15. The van der Waals surface area contributed by atoms with Crippen molar-refractivity contribution < 1.29 is 0 Å². The Labute approximate surface area is 131 Å². The molecule has 0 bridgehead atoms. The maximum absolute atomic E-state index is 12.2. The summed E-state index contributed by atoms with van der Waals surface area (Å²) >= 11 is 6.25. The first-order chi connectivity index (χ1) is 10.1. The lowest BCUT2D eigenvalue weighted by Crippen LogP contribution is -2.29. The molecule has 118 valence electrons. The van der Waals surface area contributed by atoms with Crippen LogP contribution in [0, 0.1) is 5.92 Å². The van der Waals surface area contributed by atoms with Gasteiger partial charge in [-0.25, -0.2) is 4.68 Å². The van der Waals surface area contributed by atoms with E-state index in [1.165, 1.54) is 30.4 Å². The predicted molar refractivity (Wildman–Crippen MR) is 88.1 cm³/mol. The SMILES string of the molecule is CCCCn1ncc(NC2CCCCCC2C)c(Cl)c1=O. The molecule has 0 aliphatic heterocycles. The van der Waals surface area contributed by atoms with Crippen molar-refractivity contribution in [3.63, 3.8) is 0 Å². The van der Waals surface area contributed by atoms with Gasteiger partial charge >= 0.3 is 0 Å². The summed E-state index contributed by atoms with van der Waals surface area (Å²) in [4.78, 5) is 12.2. The number of rotatable bonds is 5. The van der Waals surface area contributed by atoms with Gasteiger partial charge in [-0.2, -0.15) is 5.10 Å². The van der Waals surface area contributed by atoms with Gasteiger partial charge in [0.25, 0.3) is 5.56 Å². The van der Waals surface area contributed by atoms with Crippen molar-refractivity contribution in [3.05, 3.63) is 21.6 Å². The number of aryl methyl sites for hydroxylation is 1. The number of nitrogens with one attached hydrogen (secondary N) is 1. The minimum absolute atomic E-state index is 0.184. The minimum atomic E-state index is -0.184. The summed E-state index contributed by atoms with van der Waals surface area (Å²) in [5.74, 6) is 0.603. The van der Waals surface area contributed by atoms with Crippen molar-refractivity contribution in [2.75, 3.05) is 5.32 Å². The second-order valence-electron chi connectivity index (χ2n) is 6.12. The fourth-order valence-corrected chi connectivity index (χ4v) is 3.14. The highest BCUT2D eigenvalue weighted by Gasteiger charge is 2.21. The van der Waals surface area contributed by atoms with E-state index in [4.69, 9.17) is 11.6 Å². The van der Waals surface area contributed by atoms with E-state index in [9.17, 15) is 4.79 Å². The summed E-state index contributed by atoms with van der Waals surface area (Å²) in [6.07, 6.45) is 9.88. The van der Waals surface area contributed by atoms with Crippen molar-refractivity contribution in [2.24, 2.45) is 5.92 Å². The zero-order valence-electron chi connectivity index (χ0n) is 13.1. The van der Waals surface area contributed by atoms with Gasteiger partial charge in [0.2, 0.25) is 0 Å². The number of anilines is 1. The molecule has 2 atom stereocenters. The molecule has 0 radical (unpaired) electrons. The Morgan fingerprint density at radius 2 is 2.14 bits per heavy atom. The van der Waals surface area contributed by atoms with Crippen LogP contribution in [0.2, 0.25) is 5.02 Å². The van der Waals surface area contributed by atoms with E-state index in [-0.39, 0.29) is 10.6 Å². The molecule has 0 saturated heterocycles. The molecule has 2 rings (SSSR count).